The second-order valence-corrected chi connectivity index (χ2v) is 7.74. The lowest BCUT2D eigenvalue weighted by molar-refractivity contribution is 0.463. The van der Waals surface area contributed by atoms with Crippen molar-refractivity contribution in [3.05, 3.63) is 22.7 Å². The predicted octanol–water partition coefficient (Wildman–Crippen LogP) is 2.82. The number of sulfonamides is 1. The molecule has 0 amide bonds. The molecular weight excluding hydrogens is 304 g/mol. The van der Waals surface area contributed by atoms with Crippen LogP contribution in [-0.4, -0.2) is 14.2 Å². The number of halogens is 1. The minimum absolute atomic E-state index is 0.0663. The van der Waals surface area contributed by atoms with Gasteiger partial charge in [-0.2, -0.15) is 0 Å². The van der Waals surface area contributed by atoms with E-state index >= 15 is 0 Å². The first-order valence-electron chi connectivity index (χ1n) is 5.15. The van der Waals surface area contributed by atoms with Gasteiger partial charge in [0.1, 0.15) is 0 Å². The second-order valence-electron chi connectivity index (χ2n) is 5.16. The smallest absolute Gasteiger partial charge is 0.233 e. The molecule has 4 nitrogen and oxygen atoms in total. The molecule has 1 aromatic rings. The third-order valence-electron chi connectivity index (χ3n) is 1.88. The van der Waals surface area contributed by atoms with Gasteiger partial charge < -0.3 is 5.73 Å². The summed E-state index contributed by atoms with van der Waals surface area (Å²) >= 11 is 3.27. The topological polar surface area (TPSA) is 72.2 Å². The first kappa shape index (κ1) is 14.3. The van der Waals surface area contributed by atoms with E-state index in [0.717, 1.165) is 0 Å². The summed E-state index contributed by atoms with van der Waals surface area (Å²) in [5, 5.41) is 0. The van der Waals surface area contributed by atoms with Gasteiger partial charge >= 0.3 is 0 Å². The fourth-order valence-corrected chi connectivity index (χ4v) is 3.74. The largest absolute Gasteiger partial charge is 0.399 e. The van der Waals surface area contributed by atoms with Crippen molar-refractivity contribution in [3.63, 3.8) is 0 Å². The number of nitrogen functional groups attached to an aromatic ring is 1. The van der Waals surface area contributed by atoms with Crippen molar-refractivity contribution in [1.29, 1.82) is 0 Å². The molecule has 3 N–H and O–H groups in total. The van der Waals surface area contributed by atoms with Gasteiger partial charge in [0.25, 0.3) is 0 Å². The maximum Gasteiger partial charge on any atom is 0.233 e. The van der Waals surface area contributed by atoms with Crippen molar-refractivity contribution in [2.45, 2.75) is 20.8 Å². The molecule has 0 fully saturated rings. The van der Waals surface area contributed by atoms with Crippen molar-refractivity contribution in [3.8, 4) is 0 Å². The predicted molar refractivity (Wildman–Crippen MR) is 75.4 cm³/mol. The normalized spacial score (nSPS) is 12.5. The van der Waals surface area contributed by atoms with Crippen LogP contribution in [0.2, 0.25) is 0 Å². The molecule has 6 heteroatoms. The van der Waals surface area contributed by atoms with E-state index in [2.05, 4.69) is 20.7 Å². The van der Waals surface area contributed by atoms with Crippen molar-refractivity contribution in [2.75, 3.05) is 16.2 Å². The standard InChI is InChI=1S/C11H17BrN2O2S/c1-11(2,3)7-17(15,16)14-10-5-4-8(13)6-9(10)12/h4-6,14H,7,13H2,1-3H3. The summed E-state index contributed by atoms with van der Waals surface area (Å²) in [5.41, 5.74) is 6.38. The number of benzene rings is 1. The van der Waals surface area contributed by atoms with Gasteiger partial charge in [0, 0.05) is 10.2 Å². The third-order valence-corrected chi connectivity index (χ3v) is 4.31. The van der Waals surface area contributed by atoms with E-state index in [1.165, 1.54) is 0 Å². The monoisotopic (exact) mass is 320 g/mol. The average Bonchev–Trinajstić information content (AvgIpc) is 2.05. The van der Waals surface area contributed by atoms with Crippen LogP contribution in [-0.2, 0) is 10.0 Å². The molecule has 0 aromatic heterocycles. The van der Waals surface area contributed by atoms with Gasteiger partial charge in [0.05, 0.1) is 11.4 Å². The molecule has 1 aromatic carbocycles. The molecular formula is C11H17BrN2O2S. The highest BCUT2D eigenvalue weighted by molar-refractivity contribution is 9.10. The lowest BCUT2D eigenvalue weighted by atomic mass is 10.0. The first-order valence-corrected chi connectivity index (χ1v) is 7.59. The minimum Gasteiger partial charge on any atom is -0.399 e. The summed E-state index contributed by atoms with van der Waals surface area (Å²) in [6.45, 7) is 5.64. The van der Waals surface area contributed by atoms with E-state index in [1.54, 1.807) is 18.2 Å². The maximum atomic E-state index is 11.9. The van der Waals surface area contributed by atoms with Crippen LogP contribution in [0, 0.1) is 5.41 Å². The molecule has 0 radical (unpaired) electrons. The van der Waals surface area contributed by atoms with Crippen LogP contribution in [0.5, 0.6) is 0 Å². The lowest BCUT2D eigenvalue weighted by Gasteiger charge is -2.19. The van der Waals surface area contributed by atoms with Gasteiger partial charge in [-0.1, -0.05) is 20.8 Å². The van der Waals surface area contributed by atoms with E-state index in [4.69, 9.17) is 5.73 Å². The van der Waals surface area contributed by atoms with Gasteiger partial charge in [-0.3, -0.25) is 4.72 Å². The molecule has 17 heavy (non-hydrogen) atoms. The highest BCUT2D eigenvalue weighted by Crippen LogP contribution is 2.26. The van der Waals surface area contributed by atoms with Gasteiger partial charge in [-0.05, 0) is 39.5 Å². The van der Waals surface area contributed by atoms with Crippen molar-refractivity contribution in [1.82, 2.24) is 0 Å². The quantitative estimate of drug-likeness (QED) is 0.841. The number of hydrogen-bond donors (Lipinski definition) is 2. The van der Waals surface area contributed by atoms with Gasteiger partial charge in [0.2, 0.25) is 10.0 Å². The summed E-state index contributed by atoms with van der Waals surface area (Å²) in [5.74, 6) is 0.0663. The molecule has 0 aliphatic heterocycles. The molecule has 0 unspecified atom stereocenters. The van der Waals surface area contributed by atoms with E-state index in [0.29, 0.717) is 15.8 Å². The fourth-order valence-electron chi connectivity index (χ4n) is 1.39. The Morgan fingerprint density at radius 2 is 1.94 bits per heavy atom. The zero-order valence-corrected chi connectivity index (χ0v) is 12.5. The molecule has 0 spiro atoms. The number of hydrogen-bond acceptors (Lipinski definition) is 3. The Morgan fingerprint density at radius 1 is 1.35 bits per heavy atom. The van der Waals surface area contributed by atoms with Crippen LogP contribution in [0.3, 0.4) is 0 Å². The van der Waals surface area contributed by atoms with Gasteiger partial charge in [-0.15, -0.1) is 0 Å². The zero-order valence-electron chi connectivity index (χ0n) is 10.1. The SMILES string of the molecule is CC(C)(C)CS(=O)(=O)Nc1ccc(N)cc1Br. The zero-order chi connectivity index (χ0) is 13.3. The Hall–Kier alpha value is -0.750. The van der Waals surface area contributed by atoms with E-state index in [-0.39, 0.29) is 11.2 Å². The van der Waals surface area contributed by atoms with E-state index in [1.807, 2.05) is 20.8 Å². The summed E-state index contributed by atoms with van der Waals surface area (Å²) in [6.07, 6.45) is 0. The summed E-state index contributed by atoms with van der Waals surface area (Å²) in [4.78, 5) is 0. The minimum atomic E-state index is -3.35. The molecule has 1 rings (SSSR count). The number of nitrogens with one attached hydrogen (secondary N) is 1. The maximum absolute atomic E-state index is 11.9. The fraction of sp³-hybridized carbons (Fsp3) is 0.455. The Kier molecular flexibility index (Phi) is 4.09. The van der Waals surface area contributed by atoms with E-state index < -0.39 is 10.0 Å². The highest BCUT2D eigenvalue weighted by atomic mass is 79.9. The lowest BCUT2D eigenvalue weighted by Crippen LogP contribution is -2.26. The van der Waals surface area contributed by atoms with Crippen LogP contribution < -0.4 is 10.5 Å². The Balaban J connectivity index is 2.91. The van der Waals surface area contributed by atoms with Crippen LogP contribution in [0.1, 0.15) is 20.8 Å². The number of anilines is 2. The Bertz CT molecular complexity index is 507. The first-order chi connectivity index (χ1) is 7.59. The molecule has 0 bridgehead atoms. The molecule has 0 heterocycles. The van der Waals surface area contributed by atoms with Crippen LogP contribution in [0.25, 0.3) is 0 Å². The van der Waals surface area contributed by atoms with Crippen LogP contribution in [0.4, 0.5) is 11.4 Å². The molecule has 0 aliphatic carbocycles. The van der Waals surface area contributed by atoms with Crippen LogP contribution in [0.15, 0.2) is 22.7 Å². The molecule has 0 atom stereocenters. The summed E-state index contributed by atoms with van der Waals surface area (Å²) in [7, 11) is -3.35. The summed E-state index contributed by atoms with van der Waals surface area (Å²) in [6, 6.07) is 4.95. The van der Waals surface area contributed by atoms with Crippen molar-refractivity contribution in [2.24, 2.45) is 5.41 Å². The average molecular weight is 321 g/mol. The molecule has 0 aliphatic rings. The molecule has 0 saturated carbocycles. The van der Waals surface area contributed by atoms with Crippen LogP contribution >= 0.6 is 15.9 Å². The molecule has 96 valence electrons. The second kappa shape index (κ2) is 4.86. The number of rotatable bonds is 3. The van der Waals surface area contributed by atoms with Gasteiger partial charge in [0.15, 0.2) is 0 Å². The van der Waals surface area contributed by atoms with Gasteiger partial charge in [-0.25, -0.2) is 8.42 Å². The number of nitrogens with two attached hydrogens (primary N) is 1. The highest BCUT2D eigenvalue weighted by Gasteiger charge is 2.22. The van der Waals surface area contributed by atoms with Crippen molar-refractivity contribution < 1.29 is 8.42 Å². The Morgan fingerprint density at radius 3 is 2.41 bits per heavy atom. The third kappa shape index (κ3) is 4.95. The Labute approximate surface area is 111 Å². The summed E-state index contributed by atoms with van der Waals surface area (Å²) < 4.78 is 27.0. The molecule has 0 saturated heterocycles. The van der Waals surface area contributed by atoms with Crippen molar-refractivity contribution >= 4 is 37.3 Å². The van der Waals surface area contributed by atoms with E-state index in [9.17, 15) is 8.42 Å².